The van der Waals surface area contributed by atoms with Gasteiger partial charge in [-0.2, -0.15) is 0 Å². The Balaban J connectivity index is 4.19. The van der Waals surface area contributed by atoms with Gasteiger partial charge in [0.2, 0.25) is 0 Å². The zero-order valence-electron chi connectivity index (χ0n) is 50.4. The van der Waals surface area contributed by atoms with E-state index >= 15 is 0 Å². The Morgan fingerprint density at radius 2 is 0.446 bits per heavy atom. The molecule has 1 atom stereocenters. The van der Waals surface area contributed by atoms with E-state index in [9.17, 15) is 14.4 Å². The Morgan fingerprint density at radius 1 is 0.257 bits per heavy atom. The molecule has 0 aliphatic heterocycles. The van der Waals surface area contributed by atoms with E-state index in [1.807, 2.05) is 0 Å². The van der Waals surface area contributed by atoms with Gasteiger partial charge in [0.05, 0.1) is 0 Å². The summed E-state index contributed by atoms with van der Waals surface area (Å²) in [5.41, 5.74) is 0. The Hall–Kier alpha value is -1.85. The quantitative estimate of drug-likeness (QED) is 0.0261. The van der Waals surface area contributed by atoms with E-state index in [1.165, 1.54) is 289 Å². The fourth-order valence-electron chi connectivity index (χ4n) is 10.4. The molecular formula is C68H130O6. The average Bonchev–Trinajstić information content (AvgIpc) is 3.40. The van der Waals surface area contributed by atoms with E-state index < -0.39 is 6.10 Å². The van der Waals surface area contributed by atoms with Gasteiger partial charge in [0.25, 0.3) is 0 Å². The highest BCUT2D eigenvalue weighted by atomic mass is 16.6. The first kappa shape index (κ1) is 72.2. The molecule has 0 aliphatic carbocycles. The minimum absolute atomic E-state index is 0.0641. The lowest BCUT2D eigenvalue weighted by atomic mass is 10.0. The van der Waals surface area contributed by atoms with Crippen LogP contribution in [-0.4, -0.2) is 37.2 Å². The molecule has 0 aliphatic rings. The van der Waals surface area contributed by atoms with Gasteiger partial charge >= 0.3 is 17.9 Å². The molecule has 1 unspecified atom stereocenters. The van der Waals surface area contributed by atoms with Crippen molar-refractivity contribution < 1.29 is 28.6 Å². The summed E-state index contributed by atoms with van der Waals surface area (Å²) in [5, 5.41) is 0. The van der Waals surface area contributed by atoms with Crippen molar-refractivity contribution in [2.75, 3.05) is 13.2 Å². The van der Waals surface area contributed by atoms with Crippen LogP contribution in [0.1, 0.15) is 387 Å². The molecule has 0 saturated heterocycles. The topological polar surface area (TPSA) is 78.9 Å². The van der Waals surface area contributed by atoms with Crippen LogP contribution in [0.25, 0.3) is 0 Å². The number of hydrogen-bond acceptors (Lipinski definition) is 6. The summed E-state index contributed by atoms with van der Waals surface area (Å²) in [7, 11) is 0. The Kier molecular flexibility index (Phi) is 62.1. The molecule has 0 saturated carbocycles. The third-order valence-corrected chi connectivity index (χ3v) is 15.5. The third-order valence-electron chi connectivity index (χ3n) is 15.5. The Morgan fingerprint density at radius 3 is 0.676 bits per heavy atom. The molecule has 6 nitrogen and oxygen atoms in total. The van der Waals surface area contributed by atoms with E-state index in [0.29, 0.717) is 19.3 Å². The summed E-state index contributed by atoms with van der Waals surface area (Å²) in [6.07, 6.45) is 75.2. The molecule has 0 bridgehead atoms. The zero-order chi connectivity index (χ0) is 53.6. The number of ether oxygens (including phenoxy) is 3. The van der Waals surface area contributed by atoms with Gasteiger partial charge in [-0.15, -0.1) is 0 Å². The number of rotatable bonds is 63. The minimum Gasteiger partial charge on any atom is -0.462 e. The number of carbonyl (C=O) groups is 3. The molecule has 0 aromatic heterocycles. The van der Waals surface area contributed by atoms with E-state index in [4.69, 9.17) is 14.2 Å². The second kappa shape index (κ2) is 63.7. The van der Waals surface area contributed by atoms with Crippen molar-refractivity contribution in [1.82, 2.24) is 0 Å². The van der Waals surface area contributed by atoms with Crippen LogP contribution in [0.3, 0.4) is 0 Å². The van der Waals surface area contributed by atoms with E-state index in [-0.39, 0.29) is 31.1 Å². The van der Waals surface area contributed by atoms with Crippen molar-refractivity contribution in [2.45, 2.75) is 393 Å². The Labute approximate surface area is 462 Å². The number of hydrogen-bond donors (Lipinski definition) is 0. The standard InChI is InChI=1S/C68H130O6/c1-4-7-10-13-16-19-22-25-27-29-31-32-33-34-35-36-38-39-41-43-46-49-52-55-58-61-67(70)73-64-65(63-72-66(69)60-57-54-51-48-45-24-21-18-15-12-9-6-3)74-68(71)62-59-56-53-50-47-44-42-40-37-30-28-26-23-20-17-14-11-8-5-2/h26,28,65H,4-25,27,29-64H2,1-3H3/b28-26-. The molecule has 438 valence electrons. The van der Waals surface area contributed by atoms with Gasteiger partial charge in [-0.1, -0.05) is 335 Å². The van der Waals surface area contributed by atoms with E-state index in [2.05, 4.69) is 32.9 Å². The molecule has 0 aromatic carbocycles. The maximum absolute atomic E-state index is 12.9. The molecule has 0 radical (unpaired) electrons. The van der Waals surface area contributed by atoms with E-state index in [1.54, 1.807) is 0 Å². The molecule has 0 amide bonds. The lowest BCUT2D eigenvalue weighted by Gasteiger charge is -2.18. The summed E-state index contributed by atoms with van der Waals surface area (Å²) < 4.78 is 17.0. The maximum Gasteiger partial charge on any atom is 0.306 e. The molecule has 74 heavy (non-hydrogen) atoms. The highest BCUT2D eigenvalue weighted by Gasteiger charge is 2.19. The molecule has 0 N–H and O–H groups in total. The van der Waals surface area contributed by atoms with Crippen molar-refractivity contribution in [2.24, 2.45) is 0 Å². The van der Waals surface area contributed by atoms with Crippen LogP contribution in [0, 0.1) is 0 Å². The fourth-order valence-corrected chi connectivity index (χ4v) is 10.4. The lowest BCUT2D eigenvalue weighted by molar-refractivity contribution is -0.167. The van der Waals surface area contributed by atoms with Crippen LogP contribution in [-0.2, 0) is 28.6 Å². The first-order valence-corrected chi connectivity index (χ1v) is 33.7. The van der Waals surface area contributed by atoms with Crippen molar-refractivity contribution in [3.63, 3.8) is 0 Å². The number of carbonyl (C=O) groups excluding carboxylic acids is 3. The number of allylic oxidation sites excluding steroid dienone is 2. The predicted octanol–water partition coefficient (Wildman–Crippen LogP) is 22.8. The highest BCUT2D eigenvalue weighted by molar-refractivity contribution is 5.71. The smallest absolute Gasteiger partial charge is 0.306 e. The van der Waals surface area contributed by atoms with Crippen molar-refractivity contribution >= 4 is 17.9 Å². The third kappa shape index (κ3) is 61.0. The van der Waals surface area contributed by atoms with Crippen molar-refractivity contribution in [3.8, 4) is 0 Å². The fraction of sp³-hybridized carbons (Fsp3) is 0.926. The molecule has 0 rings (SSSR count). The first-order chi connectivity index (χ1) is 36.5. The first-order valence-electron chi connectivity index (χ1n) is 33.7. The van der Waals surface area contributed by atoms with Crippen molar-refractivity contribution in [1.29, 1.82) is 0 Å². The summed E-state index contributed by atoms with van der Waals surface area (Å²) >= 11 is 0. The monoisotopic (exact) mass is 1040 g/mol. The summed E-state index contributed by atoms with van der Waals surface area (Å²) in [4.78, 5) is 38.3. The highest BCUT2D eigenvalue weighted by Crippen LogP contribution is 2.19. The maximum atomic E-state index is 12.9. The van der Waals surface area contributed by atoms with Crippen LogP contribution < -0.4 is 0 Å². The van der Waals surface area contributed by atoms with Gasteiger partial charge in [0.1, 0.15) is 13.2 Å². The molecule has 0 heterocycles. The summed E-state index contributed by atoms with van der Waals surface area (Å²) in [5.74, 6) is -0.835. The predicted molar refractivity (Wildman–Crippen MR) is 321 cm³/mol. The van der Waals surface area contributed by atoms with Crippen molar-refractivity contribution in [3.05, 3.63) is 12.2 Å². The molecule has 0 aromatic rings. The lowest BCUT2D eigenvalue weighted by Crippen LogP contribution is -2.30. The minimum atomic E-state index is -0.766. The van der Waals surface area contributed by atoms with Crippen LogP contribution in [0.15, 0.2) is 12.2 Å². The summed E-state index contributed by atoms with van der Waals surface area (Å²) in [6, 6.07) is 0. The Bertz CT molecular complexity index is 1150. The van der Waals surface area contributed by atoms with Crippen LogP contribution in [0.4, 0.5) is 0 Å². The largest absolute Gasteiger partial charge is 0.462 e. The van der Waals surface area contributed by atoms with Gasteiger partial charge in [-0.25, -0.2) is 0 Å². The average molecular weight is 1040 g/mol. The van der Waals surface area contributed by atoms with Crippen LogP contribution >= 0.6 is 0 Å². The second-order valence-electron chi connectivity index (χ2n) is 23.1. The second-order valence-corrected chi connectivity index (χ2v) is 23.1. The zero-order valence-corrected chi connectivity index (χ0v) is 50.4. The van der Waals surface area contributed by atoms with Crippen LogP contribution in [0.2, 0.25) is 0 Å². The van der Waals surface area contributed by atoms with Gasteiger partial charge < -0.3 is 14.2 Å². The van der Waals surface area contributed by atoms with E-state index in [0.717, 1.165) is 57.8 Å². The summed E-state index contributed by atoms with van der Waals surface area (Å²) in [6.45, 7) is 6.71. The molecule has 0 spiro atoms. The van der Waals surface area contributed by atoms with Gasteiger partial charge in [-0.05, 0) is 44.9 Å². The van der Waals surface area contributed by atoms with Gasteiger partial charge in [0.15, 0.2) is 6.10 Å². The SMILES string of the molecule is CCCCCCCC/C=C\CCCCCCCCCCCC(=O)OC(COC(=O)CCCCCCCCCCCCCC)COC(=O)CCCCCCCCCCCCCCCCCCCCCCCCCCC. The molecule has 0 fully saturated rings. The van der Waals surface area contributed by atoms with Crippen LogP contribution in [0.5, 0.6) is 0 Å². The molecular weight excluding hydrogens is 913 g/mol. The normalized spacial score (nSPS) is 12.0. The number of unbranched alkanes of at least 4 members (excludes halogenated alkanes) is 50. The van der Waals surface area contributed by atoms with Gasteiger partial charge in [0, 0.05) is 19.3 Å². The van der Waals surface area contributed by atoms with Gasteiger partial charge in [-0.3, -0.25) is 14.4 Å². The number of esters is 3. The molecule has 6 heteroatoms.